The molecular formula is C19H29BrN4O3. The van der Waals surface area contributed by atoms with Crippen LogP contribution in [0.4, 0.5) is 0 Å². The smallest absolute Gasteiger partial charge is 0.251 e. The van der Waals surface area contributed by atoms with E-state index in [9.17, 15) is 4.79 Å². The van der Waals surface area contributed by atoms with Crippen LogP contribution < -0.4 is 16.0 Å². The summed E-state index contributed by atoms with van der Waals surface area (Å²) in [6.07, 6.45) is 2.02. The van der Waals surface area contributed by atoms with Crippen LogP contribution in [0.5, 0.6) is 0 Å². The average molecular weight is 441 g/mol. The van der Waals surface area contributed by atoms with E-state index in [-0.39, 0.29) is 5.91 Å². The molecule has 1 atom stereocenters. The number of hydrogen-bond donors (Lipinski definition) is 3. The van der Waals surface area contributed by atoms with Gasteiger partial charge >= 0.3 is 0 Å². The lowest BCUT2D eigenvalue weighted by Crippen LogP contribution is -2.42. The van der Waals surface area contributed by atoms with Crippen LogP contribution in [0.15, 0.2) is 33.7 Å². The monoisotopic (exact) mass is 440 g/mol. The van der Waals surface area contributed by atoms with Gasteiger partial charge in [-0.25, -0.2) is 0 Å². The van der Waals surface area contributed by atoms with Crippen LogP contribution in [0.1, 0.15) is 23.2 Å². The van der Waals surface area contributed by atoms with Gasteiger partial charge < -0.3 is 25.4 Å². The Hall–Kier alpha value is -1.64. The van der Waals surface area contributed by atoms with E-state index in [0.717, 1.165) is 56.2 Å². The van der Waals surface area contributed by atoms with Crippen LogP contribution in [0.3, 0.4) is 0 Å². The number of ether oxygens (including phenoxy) is 2. The maximum atomic E-state index is 12.0. The second-order valence-corrected chi connectivity index (χ2v) is 7.26. The van der Waals surface area contributed by atoms with Gasteiger partial charge in [-0.05, 0) is 37.1 Å². The van der Waals surface area contributed by atoms with Crippen LogP contribution in [0, 0.1) is 5.92 Å². The Morgan fingerprint density at radius 1 is 1.22 bits per heavy atom. The Kier molecular flexibility index (Phi) is 10.2. The van der Waals surface area contributed by atoms with Crippen molar-refractivity contribution in [1.29, 1.82) is 0 Å². The maximum absolute atomic E-state index is 12.0. The summed E-state index contributed by atoms with van der Waals surface area (Å²) in [6.45, 7) is 5.09. The molecule has 1 unspecified atom stereocenters. The van der Waals surface area contributed by atoms with Crippen LogP contribution in [0.2, 0.25) is 0 Å². The van der Waals surface area contributed by atoms with Gasteiger partial charge in [-0.3, -0.25) is 9.79 Å². The number of rotatable bonds is 10. The predicted octanol–water partition coefficient (Wildman–Crippen LogP) is 1.79. The van der Waals surface area contributed by atoms with Gasteiger partial charge in [-0.1, -0.05) is 15.9 Å². The fourth-order valence-corrected chi connectivity index (χ4v) is 2.89. The number of nitrogens with zero attached hydrogens (tertiary/aromatic N) is 1. The Labute approximate surface area is 169 Å². The third-order valence-corrected chi connectivity index (χ3v) is 4.70. The number of halogens is 1. The summed E-state index contributed by atoms with van der Waals surface area (Å²) >= 11 is 3.36. The summed E-state index contributed by atoms with van der Waals surface area (Å²) in [4.78, 5) is 16.2. The first-order chi connectivity index (χ1) is 13.2. The first-order valence-electron chi connectivity index (χ1n) is 9.33. The van der Waals surface area contributed by atoms with Crippen molar-refractivity contribution in [3.05, 3.63) is 34.3 Å². The summed E-state index contributed by atoms with van der Waals surface area (Å²) in [7, 11) is 1.73. The van der Waals surface area contributed by atoms with E-state index in [2.05, 4.69) is 36.9 Å². The molecule has 3 N–H and O–H groups in total. The summed E-state index contributed by atoms with van der Waals surface area (Å²) < 4.78 is 12.0. The third-order valence-electron chi connectivity index (χ3n) is 4.17. The van der Waals surface area contributed by atoms with Gasteiger partial charge in [-0.2, -0.15) is 0 Å². The Morgan fingerprint density at radius 2 is 1.96 bits per heavy atom. The molecule has 2 rings (SSSR count). The van der Waals surface area contributed by atoms with Crippen molar-refractivity contribution in [3.63, 3.8) is 0 Å². The van der Waals surface area contributed by atoms with Crippen LogP contribution in [-0.2, 0) is 9.47 Å². The number of benzene rings is 1. The van der Waals surface area contributed by atoms with Gasteiger partial charge in [0.1, 0.15) is 0 Å². The number of nitrogens with one attached hydrogen (secondary N) is 3. The van der Waals surface area contributed by atoms with Crippen molar-refractivity contribution in [2.24, 2.45) is 10.9 Å². The molecule has 1 amide bonds. The quantitative estimate of drug-likeness (QED) is 0.293. The Balaban J connectivity index is 1.49. The first kappa shape index (κ1) is 21.7. The van der Waals surface area contributed by atoms with Crippen molar-refractivity contribution in [3.8, 4) is 0 Å². The maximum Gasteiger partial charge on any atom is 0.251 e. The largest absolute Gasteiger partial charge is 0.381 e. The molecule has 1 fully saturated rings. The number of amides is 1. The SMILES string of the molecule is CN=C(NCCCOCC1CCOC1)NCCNC(=O)c1ccc(Br)cc1. The average Bonchev–Trinajstić information content (AvgIpc) is 3.20. The molecule has 1 aromatic rings. The zero-order valence-corrected chi connectivity index (χ0v) is 17.4. The molecule has 0 saturated carbocycles. The topological polar surface area (TPSA) is 84.0 Å². The van der Waals surface area contributed by atoms with Gasteiger partial charge in [0.2, 0.25) is 0 Å². The molecule has 0 aromatic heterocycles. The Morgan fingerprint density at radius 3 is 2.67 bits per heavy atom. The van der Waals surface area contributed by atoms with E-state index in [0.29, 0.717) is 24.6 Å². The van der Waals surface area contributed by atoms with Gasteiger partial charge in [0, 0.05) is 55.8 Å². The van der Waals surface area contributed by atoms with E-state index < -0.39 is 0 Å². The highest BCUT2D eigenvalue weighted by molar-refractivity contribution is 9.10. The van der Waals surface area contributed by atoms with Gasteiger partial charge in [0.15, 0.2) is 5.96 Å². The molecule has 0 aliphatic carbocycles. The number of aliphatic imine (C=N–C) groups is 1. The summed E-state index contributed by atoms with van der Waals surface area (Å²) in [5.74, 6) is 1.19. The van der Waals surface area contributed by atoms with Crippen molar-refractivity contribution in [2.45, 2.75) is 12.8 Å². The van der Waals surface area contributed by atoms with E-state index in [1.54, 1.807) is 19.2 Å². The minimum atomic E-state index is -0.0861. The zero-order chi connectivity index (χ0) is 19.3. The predicted molar refractivity (Wildman–Crippen MR) is 110 cm³/mol. The molecule has 1 aliphatic heterocycles. The fraction of sp³-hybridized carbons (Fsp3) is 0.579. The second kappa shape index (κ2) is 12.7. The molecule has 1 aromatic carbocycles. The molecule has 7 nitrogen and oxygen atoms in total. The summed E-state index contributed by atoms with van der Waals surface area (Å²) in [5.41, 5.74) is 0.643. The van der Waals surface area contributed by atoms with E-state index in [1.807, 2.05) is 12.1 Å². The molecule has 27 heavy (non-hydrogen) atoms. The molecule has 1 heterocycles. The van der Waals surface area contributed by atoms with Crippen molar-refractivity contribution < 1.29 is 14.3 Å². The minimum absolute atomic E-state index is 0.0861. The van der Waals surface area contributed by atoms with Crippen LogP contribution in [-0.4, -0.2) is 65.0 Å². The number of carbonyl (C=O) groups excluding carboxylic acids is 1. The minimum Gasteiger partial charge on any atom is -0.381 e. The highest BCUT2D eigenvalue weighted by Gasteiger charge is 2.15. The Bertz CT molecular complexity index is 589. The lowest BCUT2D eigenvalue weighted by atomic mass is 10.1. The second-order valence-electron chi connectivity index (χ2n) is 6.35. The molecule has 0 spiro atoms. The highest BCUT2D eigenvalue weighted by atomic mass is 79.9. The summed E-state index contributed by atoms with van der Waals surface area (Å²) in [6, 6.07) is 7.28. The highest BCUT2D eigenvalue weighted by Crippen LogP contribution is 2.12. The number of guanidine groups is 1. The van der Waals surface area contributed by atoms with E-state index in [1.165, 1.54) is 0 Å². The zero-order valence-electron chi connectivity index (χ0n) is 15.8. The summed E-state index contributed by atoms with van der Waals surface area (Å²) in [5, 5.41) is 9.30. The van der Waals surface area contributed by atoms with Gasteiger partial charge in [0.05, 0.1) is 13.2 Å². The normalized spacial score (nSPS) is 17.0. The van der Waals surface area contributed by atoms with Crippen molar-refractivity contribution in [1.82, 2.24) is 16.0 Å². The lowest BCUT2D eigenvalue weighted by molar-refractivity contribution is 0.0887. The van der Waals surface area contributed by atoms with Crippen molar-refractivity contribution >= 4 is 27.8 Å². The van der Waals surface area contributed by atoms with E-state index in [4.69, 9.17) is 9.47 Å². The molecule has 1 saturated heterocycles. The standard InChI is InChI=1S/C19H29BrN4O3/c1-21-19(23-8-2-11-26-13-15-7-12-27-14-15)24-10-9-22-18(25)16-3-5-17(20)6-4-16/h3-6,15H,2,7-14H2,1H3,(H,22,25)(H2,21,23,24). The van der Waals surface area contributed by atoms with Gasteiger partial charge in [0.25, 0.3) is 5.91 Å². The van der Waals surface area contributed by atoms with E-state index >= 15 is 0 Å². The number of carbonyl (C=O) groups is 1. The fourth-order valence-electron chi connectivity index (χ4n) is 2.63. The molecule has 0 bridgehead atoms. The van der Waals surface area contributed by atoms with Gasteiger partial charge in [-0.15, -0.1) is 0 Å². The van der Waals surface area contributed by atoms with Crippen LogP contribution >= 0.6 is 15.9 Å². The van der Waals surface area contributed by atoms with Crippen molar-refractivity contribution in [2.75, 3.05) is 53.1 Å². The molecule has 0 radical (unpaired) electrons. The molecule has 150 valence electrons. The molecule has 1 aliphatic rings. The lowest BCUT2D eigenvalue weighted by Gasteiger charge is -2.13. The van der Waals surface area contributed by atoms with Crippen LogP contribution in [0.25, 0.3) is 0 Å². The number of hydrogen-bond acceptors (Lipinski definition) is 4. The molecule has 8 heteroatoms. The third kappa shape index (κ3) is 8.73. The molecular weight excluding hydrogens is 412 g/mol. The first-order valence-corrected chi connectivity index (χ1v) is 10.1.